The quantitative estimate of drug-likeness (QED) is 0.448. The third-order valence-corrected chi connectivity index (χ3v) is 5.45. The van der Waals surface area contributed by atoms with Gasteiger partial charge in [-0.1, -0.05) is 0 Å². The van der Waals surface area contributed by atoms with Gasteiger partial charge in [0.15, 0.2) is 12.0 Å². The van der Waals surface area contributed by atoms with Crippen molar-refractivity contribution >= 4 is 17.1 Å². The van der Waals surface area contributed by atoms with Gasteiger partial charge in [0, 0.05) is 13.1 Å². The number of piperidine rings is 1. The highest BCUT2D eigenvalue weighted by Gasteiger charge is 2.29. The predicted molar refractivity (Wildman–Crippen MR) is 121 cm³/mol. The monoisotopic (exact) mass is 463 g/mol. The van der Waals surface area contributed by atoms with Crippen molar-refractivity contribution in [3.8, 4) is 17.3 Å². The van der Waals surface area contributed by atoms with Gasteiger partial charge in [0.1, 0.15) is 23.1 Å². The number of amides is 1. The predicted octanol–water partition coefficient (Wildman–Crippen LogP) is 3.17. The summed E-state index contributed by atoms with van der Waals surface area (Å²) in [6.45, 7) is 6.81. The molecule has 1 aliphatic rings. The van der Waals surface area contributed by atoms with Crippen LogP contribution in [-0.2, 0) is 4.74 Å². The van der Waals surface area contributed by atoms with Gasteiger partial charge in [-0.05, 0) is 63.1 Å². The molecular formula is C22H25N9O3. The van der Waals surface area contributed by atoms with Crippen LogP contribution >= 0.6 is 0 Å². The Balaban J connectivity index is 1.29. The van der Waals surface area contributed by atoms with Crippen LogP contribution in [0.1, 0.15) is 39.7 Å². The summed E-state index contributed by atoms with van der Waals surface area (Å²) in [6, 6.07) is 7.40. The van der Waals surface area contributed by atoms with E-state index in [0.717, 1.165) is 23.9 Å². The van der Waals surface area contributed by atoms with Crippen molar-refractivity contribution in [1.29, 1.82) is 0 Å². The van der Waals surface area contributed by atoms with Crippen LogP contribution in [0.2, 0.25) is 0 Å². The number of carbonyl (C=O) groups excluding carboxylic acids is 1. The molecule has 34 heavy (non-hydrogen) atoms. The minimum atomic E-state index is -0.507. The van der Waals surface area contributed by atoms with Gasteiger partial charge in [-0.25, -0.2) is 19.4 Å². The van der Waals surface area contributed by atoms with Crippen LogP contribution in [-0.4, -0.2) is 69.6 Å². The SMILES string of the molecule is CC(C)(C)OC(=O)N1CCC(n2ncc3c(Oc4ccc(-n5ncnn5)cc4)ncnc32)CC1. The molecule has 0 N–H and O–H groups in total. The van der Waals surface area contributed by atoms with Gasteiger partial charge >= 0.3 is 6.09 Å². The summed E-state index contributed by atoms with van der Waals surface area (Å²) in [4.78, 5) is 24.3. The molecule has 3 aromatic heterocycles. The number of tetrazole rings is 1. The molecule has 4 heterocycles. The van der Waals surface area contributed by atoms with Gasteiger partial charge < -0.3 is 14.4 Å². The Morgan fingerprint density at radius 1 is 1.03 bits per heavy atom. The van der Waals surface area contributed by atoms with E-state index in [-0.39, 0.29) is 12.1 Å². The van der Waals surface area contributed by atoms with Crippen LogP contribution in [0, 0.1) is 0 Å². The zero-order valence-electron chi connectivity index (χ0n) is 19.2. The number of carbonyl (C=O) groups is 1. The lowest BCUT2D eigenvalue weighted by Gasteiger charge is -2.33. The Morgan fingerprint density at radius 2 is 1.79 bits per heavy atom. The molecule has 0 spiro atoms. The number of hydrogen-bond donors (Lipinski definition) is 0. The first-order chi connectivity index (χ1) is 16.4. The van der Waals surface area contributed by atoms with E-state index in [0.29, 0.717) is 30.4 Å². The molecule has 5 rings (SSSR count). The molecule has 0 radical (unpaired) electrons. The second kappa shape index (κ2) is 8.69. The Hall–Kier alpha value is -4.09. The number of fused-ring (bicyclic) bond motifs is 1. The number of benzene rings is 1. The van der Waals surface area contributed by atoms with Crippen LogP contribution in [0.5, 0.6) is 11.6 Å². The summed E-state index contributed by atoms with van der Waals surface area (Å²) >= 11 is 0. The zero-order valence-corrected chi connectivity index (χ0v) is 19.2. The maximum atomic E-state index is 12.4. The summed E-state index contributed by atoms with van der Waals surface area (Å²) in [6.07, 6.45) is 5.81. The summed E-state index contributed by atoms with van der Waals surface area (Å²) in [5.41, 5.74) is 0.958. The highest BCUT2D eigenvalue weighted by molar-refractivity contribution is 5.80. The van der Waals surface area contributed by atoms with Gasteiger partial charge in [0.05, 0.1) is 17.9 Å². The molecule has 12 heteroatoms. The third-order valence-electron chi connectivity index (χ3n) is 5.45. The number of likely N-dealkylation sites (tertiary alicyclic amines) is 1. The van der Waals surface area contributed by atoms with Crippen LogP contribution in [0.25, 0.3) is 16.7 Å². The summed E-state index contributed by atoms with van der Waals surface area (Å²) < 4.78 is 13.4. The molecule has 0 bridgehead atoms. The molecule has 1 aliphatic heterocycles. The zero-order chi connectivity index (χ0) is 23.7. The van der Waals surface area contributed by atoms with E-state index in [1.54, 1.807) is 11.1 Å². The molecular weight excluding hydrogens is 438 g/mol. The molecule has 1 saturated heterocycles. The molecule has 1 fully saturated rings. The Bertz CT molecular complexity index is 1270. The normalized spacial score (nSPS) is 15.0. The summed E-state index contributed by atoms with van der Waals surface area (Å²) in [7, 11) is 0. The van der Waals surface area contributed by atoms with Crippen LogP contribution in [0.4, 0.5) is 4.79 Å². The van der Waals surface area contributed by atoms with E-state index in [9.17, 15) is 4.79 Å². The summed E-state index contributed by atoms with van der Waals surface area (Å²) in [5, 5.41) is 16.9. The van der Waals surface area contributed by atoms with E-state index in [2.05, 4.69) is 30.5 Å². The standard InChI is InChI=1S/C22H25N9O3/c1-22(2,3)34-21(32)29-10-8-15(9-11-29)30-19-18(12-26-30)20(24-13-23-19)33-17-6-4-16(5-7-17)31-27-14-25-28-31/h4-7,12-15H,8-11H2,1-3H3. The first kappa shape index (κ1) is 21.7. The van der Waals surface area contributed by atoms with Crippen molar-refractivity contribution in [1.82, 2.24) is 44.9 Å². The van der Waals surface area contributed by atoms with E-state index in [4.69, 9.17) is 9.47 Å². The molecule has 0 aliphatic carbocycles. The highest BCUT2D eigenvalue weighted by Crippen LogP contribution is 2.31. The minimum absolute atomic E-state index is 0.119. The molecule has 4 aromatic rings. The Kier molecular flexibility index (Phi) is 5.56. The molecule has 176 valence electrons. The lowest BCUT2D eigenvalue weighted by atomic mass is 10.1. The second-order valence-electron chi connectivity index (χ2n) is 9.03. The van der Waals surface area contributed by atoms with Crippen LogP contribution < -0.4 is 4.74 Å². The fourth-order valence-corrected chi connectivity index (χ4v) is 3.85. The van der Waals surface area contributed by atoms with E-state index >= 15 is 0 Å². The topological polar surface area (TPSA) is 126 Å². The fourth-order valence-electron chi connectivity index (χ4n) is 3.85. The average Bonchev–Trinajstić information content (AvgIpc) is 3.50. The van der Waals surface area contributed by atoms with E-state index in [1.807, 2.05) is 49.7 Å². The van der Waals surface area contributed by atoms with E-state index < -0.39 is 5.60 Å². The number of rotatable bonds is 4. The Labute approximate surface area is 195 Å². The lowest BCUT2D eigenvalue weighted by molar-refractivity contribution is 0.0186. The van der Waals surface area contributed by atoms with Crippen molar-refractivity contribution in [3.63, 3.8) is 0 Å². The van der Waals surface area contributed by atoms with Crippen molar-refractivity contribution in [2.24, 2.45) is 0 Å². The smallest absolute Gasteiger partial charge is 0.410 e. The summed E-state index contributed by atoms with van der Waals surface area (Å²) in [5.74, 6) is 1.04. The molecule has 1 aromatic carbocycles. The average molecular weight is 464 g/mol. The van der Waals surface area contributed by atoms with Crippen molar-refractivity contribution in [2.45, 2.75) is 45.3 Å². The van der Waals surface area contributed by atoms with Crippen molar-refractivity contribution in [2.75, 3.05) is 13.1 Å². The third kappa shape index (κ3) is 4.51. The largest absolute Gasteiger partial charge is 0.444 e. The fraction of sp³-hybridized carbons (Fsp3) is 0.409. The van der Waals surface area contributed by atoms with E-state index in [1.165, 1.54) is 17.5 Å². The van der Waals surface area contributed by atoms with Gasteiger partial charge in [-0.3, -0.25) is 0 Å². The number of nitrogens with zero attached hydrogens (tertiary/aromatic N) is 9. The number of aromatic nitrogens is 8. The molecule has 0 saturated carbocycles. The molecule has 0 unspecified atom stereocenters. The first-order valence-corrected chi connectivity index (χ1v) is 11.0. The number of ether oxygens (including phenoxy) is 2. The molecule has 12 nitrogen and oxygen atoms in total. The minimum Gasteiger partial charge on any atom is -0.444 e. The van der Waals surface area contributed by atoms with Gasteiger partial charge in [0.25, 0.3) is 0 Å². The van der Waals surface area contributed by atoms with Crippen LogP contribution in [0.15, 0.2) is 43.1 Å². The number of hydrogen-bond acceptors (Lipinski definition) is 9. The maximum Gasteiger partial charge on any atom is 0.410 e. The maximum absolute atomic E-state index is 12.4. The van der Waals surface area contributed by atoms with Gasteiger partial charge in [0.2, 0.25) is 5.88 Å². The highest BCUT2D eigenvalue weighted by atomic mass is 16.6. The Morgan fingerprint density at radius 3 is 2.47 bits per heavy atom. The second-order valence-corrected chi connectivity index (χ2v) is 9.03. The lowest BCUT2D eigenvalue weighted by Crippen LogP contribution is -2.42. The van der Waals surface area contributed by atoms with Gasteiger partial charge in [-0.2, -0.15) is 5.10 Å². The van der Waals surface area contributed by atoms with Gasteiger partial charge in [-0.15, -0.1) is 15.0 Å². The molecule has 1 amide bonds. The van der Waals surface area contributed by atoms with Crippen molar-refractivity contribution in [3.05, 3.63) is 43.1 Å². The first-order valence-electron chi connectivity index (χ1n) is 11.0. The van der Waals surface area contributed by atoms with Crippen molar-refractivity contribution < 1.29 is 14.3 Å². The van der Waals surface area contributed by atoms with Crippen LogP contribution in [0.3, 0.4) is 0 Å². The molecule has 0 atom stereocenters.